The van der Waals surface area contributed by atoms with E-state index >= 15 is 0 Å². The zero-order chi connectivity index (χ0) is 19.3. The third-order valence-corrected chi connectivity index (χ3v) is 4.25. The Kier molecular flexibility index (Phi) is 3.49. The summed E-state index contributed by atoms with van der Waals surface area (Å²) in [6, 6.07) is 9.93. The second kappa shape index (κ2) is 5.92. The second-order valence-corrected chi connectivity index (χ2v) is 6.18. The molecule has 1 aliphatic heterocycles. The smallest absolute Gasteiger partial charge is 0.395 e. The third-order valence-electron chi connectivity index (χ3n) is 4.25. The highest BCUT2D eigenvalue weighted by molar-refractivity contribution is 5.82. The minimum absolute atomic E-state index is 0.0839. The molecule has 0 saturated heterocycles. The highest BCUT2D eigenvalue weighted by Gasteiger charge is 2.43. The lowest BCUT2D eigenvalue weighted by Gasteiger charge is -2.13. The normalized spacial score (nSPS) is 15.7. The number of aromatic amines is 2. The molecule has 5 rings (SSSR count). The van der Waals surface area contributed by atoms with Gasteiger partial charge in [-0.25, -0.2) is 9.97 Å². The van der Waals surface area contributed by atoms with Crippen LogP contribution in [-0.4, -0.2) is 31.3 Å². The molecule has 3 heterocycles. The number of nitrogens with zero attached hydrogens (tertiary/aromatic N) is 2. The number of aromatic nitrogens is 4. The summed E-state index contributed by atoms with van der Waals surface area (Å²) in [5, 5.41) is 13.3. The molecule has 0 saturated carbocycles. The number of nitrogens with one attached hydrogen (secondary N) is 3. The number of ether oxygens (including phenoxy) is 2. The number of fused-ring (bicyclic) bond motifs is 2. The molecule has 1 aliphatic rings. The van der Waals surface area contributed by atoms with Gasteiger partial charge in [0, 0.05) is 35.7 Å². The van der Waals surface area contributed by atoms with E-state index < -0.39 is 12.5 Å². The van der Waals surface area contributed by atoms with Crippen LogP contribution >= 0.6 is 0 Å². The first-order valence-corrected chi connectivity index (χ1v) is 8.31. The van der Waals surface area contributed by atoms with Crippen molar-refractivity contribution in [1.82, 2.24) is 19.9 Å². The number of hydrogen-bond acceptors (Lipinski definition) is 6. The zero-order valence-electron chi connectivity index (χ0n) is 14.1. The van der Waals surface area contributed by atoms with E-state index in [1.54, 1.807) is 30.6 Å². The van der Waals surface area contributed by atoms with Crippen molar-refractivity contribution in [2.75, 3.05) is 5.32 Å². The maximum Gasteiger partial charge on any atom is 0.586 e. The third kappa shape index (κ3) is 2.89. The number of benzene rings is 2. The summed E-state index contributed by atoms with van der Waals surface area (Å²) in [6.07, 6.45) is -1.38. The van der Waals surface area contributed by atoms with Crippen molar-refractivity contribution in [3.05, 3.63) is 54.4 Å². The van der Waals surface area contributed by atoms with E-state index in [-0.39, 0.29) is 17.4 Å². The van der Waals surface area contributed by atoms with Gasteiger partial charge in [0.05, 0.1) is 11.0 Å². The molecule has 2 aromatic carbocycles. The van der Waals surface area contributed by atoms with Gasteiger partial charge >= 0.3 is 6.29 Å². The van der Waals surface area contributed by atoms with Crippen LogP contribution in [-0.2, 0) is 0 Å². The first-order valence-electron chi connectivity index (χ1n) is 8.31. The molecule has 142 valence electrons. The number of halogens is 2. The Morgan fingerprint density at radius 3 is 2.75 bits per heavy atom. The van der Waals surface area contributed by atoms with Gasteiger partial charge < -0.3 is 29.9 Å². The van der Waals surface area contributed by atoms with Crippen LogP contribution in [0.15, 0.2) is 48.8 Å². The molecular weight excluding hydrogens is 372 g/mol. The molecule has 0 radical (unpaired) electrons. The van der Waals surface area contributed by atoms with Crippen LogP contribution < -0.4 is 14.8 Å². The molecule has 0 amide bonds. The second-order valence-electron chi connectivity index (χ2n) is 6.18. The fourth-order valence-electron chi connectivity index (χ4n) is 3.01. The predicted octanol–water partition coefficient (Wildman–Crippen LogP) is 3.38. The molecule has 4 aromatic rings. The summed E-state index contributed by atoms with van der Waals surface area (Å²) < 4.78 is 35.1. The van der Waals surface area contributed by atoms with E-state index in [4.69, 9.17) is 0 Å². The summed E-state index contributed by atoms with van der Waals surface area (Å²) >= 11 is 0. The van der Waals surface area contributed by atoms with Crippen LogP contribution in [0.1, 0.15) is 11.8 Å². The van der Waals surface area contributed by atoms with Gasteiger partial charge in [0.2, 0.25) is 5.95 Å². The van der Waals surface area contributed by atoms with Crippen molar-refractivity contribution >= 4 is 17.0 Å². The van der Waals surface area contributed by atoms with Gasteiger partial charge in [-0.05, 0) is 6.07 Å². The lowest BCUT2D eigenvalue weighted by atomic mass is 10.1. The molecule has 4 N–H and O–H groups in total. The quantitative estimate of drug-likeness (QED) is 0.401. The Morgan fingerprint density at radius 1 is 1.14 bits per heavy atom. The van der Waals surface area contributed by atoms with Gasteiger partial charge in [0.1, 0.15) is 5.82 Å². The number of aliphatic hydroxyl groups is 1. The lowest BCUT2D eigenvalue weighted by Crippen LogP contribution is -2.25. The van der Waals surface area contributed by atoms with Gasteiger partial charge in [0.25, 0.3) is 0 Å². The fourth-order valence-corrected chi connectivity index (χ4v) is 3.01. The van der Waals surface area contributed by atoms with Crippen LogP contribution in [0.2, 0.25) is 0 Å². The molecule has 1 atom stereocenters. The summed E-state index contributed by atoms with van der Waals surface area (Å²) in [5.74, 6) is 0.770. The van der Waals surface area contributed by atoms with Crippen LogP contribution in [0.25, 0.3) is 22.4 Å². The van der Waals surface area contributed by atoms with E-state index in [0.29, 0.717) is 22.4 Å². The topological polar surface area (TPSA) is 108 Å². The Labute approximate surface area is 156 Å². The maximum absolute atomic E-state index is 13.1. The van der Waals surface area contributed by atoms with Crippen molar-refractivity contribution in [3.8, 4) is 22.9 Å². The molecule has 28 heavy (non-hydrogen) atoms. The van der Waals surface area contributed by atoms with E-state index in [9.17, 15) is 13.9 Å². The van der Waals surface area contributed by atoms with Gasteiger partial charge in [-0.2, -0.15) is 0 Å². The van der Waals surface area contributed by atoms with Crippen molar-refractivity contribution < 1.29 is 23.4 Å². The molecule has 0 spiro atoms. The van der Waals surface area contributed by atoms with Crippen LogP contribution in [0.3, 0.4) is 0 Å². The molecule has 8 nitrogen and oxygen atoms in total. The number of anilines is 1. The van der Waals surface area contributed by atoms with Gasteiger partial charge in [-0.15, -0.1) is 8.78 Å². The average Bonchev–Trinajstić information content (AvgIpc) is 3.36. The minimum Gasteiger partial charge on any atom is -0.395 e. The molecule has 0 fully saturated rings. The van der Waals surface area contributed by atoms with Crippen molar-refractivity contribution in [1.29, 1.82) is 0 Å². The highest BCUT2D eigenvalue weighted by Crippen LogP contribution is 2.43. The van der Waals surface area contributed by atoms with Crippen molar-refractivity contribution in [3.63, 3.8) is 0 Å². The molecule has 1 unspecified atom stereocenters. The summed E-state index contributed by atoms with van der Waals surface area (Å²) in [6.45, 7) is 0. The van der Waals surface area contributed by atoms with E-state index in [1.807, 2.05) is 6.07 Å². The highest BCUT2D eigenvalue weighted by atomic mass is 19.3. The molecule has 10 heteroatoms. The van der Waals surface area contributed by atoms with Gasteiger partial charge in [0.15, 0.2) is 17.7 Å². The number of hydrogen-bond donors (Lipinski definition) is 4. The van der Waals surface area contributed by atoms with E-state index in [1.165, 1.54) is 12.1 Å². The summed E-state index contributed by atoms with van der Waals surface area (Å²) in [7, 11) is 0. The molecule has 0 bridgehead atoms. The average molecular weight is 385 g/mol. The van der Waals surface area contributed by atoms with Gasteiger partial charge in [-0.1, -0.05) is 18.2 Å². The largest absolute Gasteiger partial charge is 0.586 e. The Bertz CT molecular complexity index is 1110. The van der Waals surface area contributed by atoms with Crippen LogP contribution in [0.4, 0.5) is 14.7 Å². The number of imidazole rings is 2. The Balaban J connectivity index is 1.39. The number of alkyl halides is 2. The Morgan fingerprint density at radius 2 is 1.96 bits per heavy atom. The lowest BCUT2D eigenvalue weighted by molar-refractivity contribution is -0.286. The standard InChI is InChI=1S/C18H13F2N5O3/c19-18(20)27-13-7-11-12(8-14(13)28-18)24-17(23-11)25-16(26)10-3-1-2-9(6-10)15-21-4-5-22-15/h1-8,16,26H,(H,21,22)(H2,23,24,25). The number of H-pyrrole nitrogens is 2. The van der Waals surface area contributed by atoms with Crippen LogP contribution in [0.5, 0.6) is 11.5 Å². The monoisotopic (exact) mass is 385 g/mol. The first kappa shape index (κ1) is 16.5. The first-order chi connectivity index (χ1) is 13.5. The summed E-state index contributed by atoms with van der Waals surface area (Å²) in [5.41, 5.74) is 2.26. The van der Waals surface area contributed by atoms with Crippen molar-refractivity contribution in [2.45, 2.75) is 12.5 Å². The number of aliphatic hydroxyl groups excluding tert-OH is 1. The van der Waals surface area contributed by atoms with Crippen molar-refractivity contribution in [2.24, 2.45) is 0 Å². The zero-order valence-corrected chi connectivity index (χ0v) is 14.1. The van der Waals surface area contributed by atoms with E-state index in [0.717, 1.165) is 5.56 Å². The SMILES string of the molecule is OC(Nc1nc2cc3c(cc2[nH]1)OC(F)(F)O3)c1cccc(-c2ncc[nH]2)c1. The molecule has 0 aliphatic carbocycles. The fraction of sp³-hybridized carbons (Fsp3) is 0.111. The minimum atomic E-state index is -3.68. The van der Waals surface area contributed by atoms with Crippen LogP contribution in [0, 0.1) is 0 Å². The van der Waals surface area contributed by atoms with E-state index in [2.05, 4.69) is 34.7 Å². The molecular formula is C18H13F2N5O3. The molecule has 2 aromatic heterocycles. The predicted molar refractivity (Wildman–Crippen MR) is 94.9 cm³/mol. The Hall–Kier alpha value is -3.66. The number of rotatable bonds is 4. The van der Waals surface area contributed by atoms with Gasteiger partial charge in [-0.3, -0.25) is 0 Å². The summed E-state index contributed by atoms with van der Waals surface area (Å²) in [4.78, 5) is 14.4. The maximum atomic E-state index is 13.1.